The van der Waals surface area contributed by atoms with Gasteiger partial charge in [0, 0.05) is 17.5 Å². The van der Waals surface area contributed by atoms with Crippen molar-refractivity contribution in [2.75, 3.05) is 0 Å². The van der Waals surface area contributed by atoms with E-state index in [1.54, 1.807) is 6.92 Å². The monoisotopic (exact) mass is 427 g/mol. The lowest BCUT2D eigenvalue weighted by Gasteiger charge is -2.32. The number of aliphatic imine (C=N–C) groups is 1. The van der Waals surface area contributed by atoms with E-state index in [1.807, 2.05) is 110 Å². The van der Waals surface area contributed by atoms with Crippen LogP contribution < -0.4 is 0 Å². The zero-order chi connectivity index (χ0) is 22.8. The van der Waals surface area contributed by atoms with Gasteiger partial charge < -0.3 is 9.84 Å². The standard InChI is InChI=1S/C28H29NO3/c1-3-4-20-28(27(30)31,22(2)32-21-23-14-8-5-9-15-23)29-26(24-16-10-6-11-17-24)25-18-12-7-13-19-25/h3-19,22H,20-21H2,1-2H3,(H,30,31). The fourth-order valence-electron chi connectivity index (χ4n) is 3.53. The van der Waals surface area contributed by atoms with Crippen LogP contribution in [0.2, 0.25) is 0 Å². The first kappa shape index (κ1) is 23.2. The quantitative estimate of drug-likeness (QED) is 0.323. The molecule has 0 aromatic heterocycles. The van der Waals surface area contributed by atoms with E-state index in [9.17, 15) is 9.90 Å². The number of carboxylic acids is 1. The molecule has 2 atom stereocenters. The highest BCUT2D eigenvalue weighted by atomic mass is 16.5. The zero-order valence-corrected chi connectivity index (χ0v) is 18.5. The molecule has 0 amide bonds. The molecular weight excluding hydrogens is 398 g/mol. The van der Waals surface area contributed by atoms with Crippen molar-refractivity contribution in [2.45, 2.75) is 38.5 Å². The van der Waals surface area contributed by atoms with E-state index in [4.69, 9.17) is 9.73 Å². The molecule has 2 unspecified atom stereocenters. The number of hydrogen-bond donors (Lipinski definition) is 1. The van der Waals surface area contributed by atoms with Gasteiger partial charge >= 0.3 is 5.97 Å². The van der Waals surface area contributed by atoms with Crippen molar-refractivity contribution in [1.82, 2.24) is 0 Å². The number of carboxylic acid groups (broad SMARTS) is 1. The van der Waals surface area contributed by atoms with Gasteiger partial charge in [0.2, 0.25) is 0 Å². The van der Waals surface area contributed by atoms with Crippen LogP contribution >= 0.6 is 0 Å². The molecule has 0 aliphatic rings. The molecule has 0 aliphatic carbocycles. The van der Waals surface area contributed by atoms with Crippen molar-refractivity contribution in [2.24, 2.45) is 4.99 Å². The summed E-state index contributed by atoms with van der Waals surface area (Å²) in [6.07, 6.45) is 3.24. The molecule has 0 aliphatic heterocycles. The zero-order valence-electron chi connectivity index (χ0n) is 18.5. The third kappa shape index (κ3) is 5.59. The van der Waals surface area contributed by atoms with Crippen molar-refractivity contribution in [3.05, 3.63) is 120 Å². The molecule has 1 N–H and O–H groups in total. The third-order valence-corrected chi connectivity index (χ3v) is 5.46. The van der Waals surface area contributed by atoms with Gasteiger partial charge in [0.05, 0.1) is 18.4 Å². The molecule has 0 bridgehead atoms. The molecule has 3 rings (SSSR count). The average Bonchev–Trinajstić information content (AvgIpc) is 2.84. The number of allylic oxidation sites excluding steroid dienone is 1. The van der Waals surface area contributed by atoms with Crippen LogP contribution in [0.3, 0.4) is 0 Å². The van der Waals surface area contributed by atoms with E-state index in [0.29, 0.717) is 12.3 Å². The number of nitrogens with zero attached hydrogens (tertiary/aromatic N) is 1. The molecule has 0 radical (unpaired) electrons. The summed E-state index contributed by atoms with van der Waals surface area (Å²) in [6.45, 7) is 3.98. The Kier molecular flexibility index (Phi) is 8.12. The van der Waals surface area contributed by atoms with Crippen LogP contribution in [0.25, 0.3) is 0 Å². The van der Waals surface area contributed by atoms with Crippen molar-refractivity contribution >= 4 is 11.7 Å². The lowest BCUT2D eigenvalue weighted by Crippen LogP contribution is -2.48. The maximum absolute atomic E-state index is 12.8. The highest BCUT2D eigenvalue weighted by molar-refractivity contribution is 6.13. The SMILES string of the molecule is CC=CCC(N=C(c1ccccc1)c1ccccc1)(C(=O)O)C(C)OCc1ccccc1. The van der Waals surface area contributed by atoms with Gasteiger partial charge in [-0.15, -0.1) is 0 Å². The van der Waals surface area contributed by atoms with E-state index in [-0.39, 0.29) is 6.42 Å². The van der Waals surface area contributed by atoms with E-state index < -0.39 is 17.6 Å². The fourth-order valence-corrected chi connectivity index (χ4v) is 3.53. The van der Waals surface area contributed by atoms with Crippen molar-refractivity contribution in [1.29, 1.82) is 0 Å². The van der Waals surface area contributed by atoms with Crippen LogP contribution in [-0.2, 0) is 16.1 Å². The Morgan fingerprint density at radius 1 is 0.938 bits per heavy atom. The van der Waals surface area contributed by atoms with Gasteiger partial charge in [-0.05, 0) is 19.4 Å². The van der Waals surface area contributed by atoms with E-state index in [1.165, 1.54) is 0 Å². The second kappa shape index (κ2) is 11.2. The molecule has 164 valence electrons. The molecule has 0 saturated heterocycles. The first-order chi connectivity index (χ1) is 15.6. The maximum Gasteiger partial charge on any atom is 0.334 e. The summed E-state index contributed by atoms with van der Waals surface area (Å²) in [4.78, 5) is 17.7. The van der Waals surface area contributed by atoms with E-state index in [2.05, 4.69) is 0 Å². The molecule has 4 nitrogen and oxygen atoms in total. The Morgan fingerprint density at radius 3 is 1.91 bits per heavy atom. The van der Waals surface area contributed by atoms with Gasteiger partial charge in [0.1, 0.15) is 0 Å². The summed E-state index contributed by atoms with van der Waals surface area (Å²) >= 11 is 0. The molecule has 0 saturated carbocycles. The van der Waals surface area contributed by atoms with Crippen LogP contribution in [0.4, 0.5) is 0 Å². The average molecular weight is 428 g/mol. The minimum atomic E-state index is -1.48. The summed E-state index contributed by atoms with van der Waals surface area (Å²) in [6, 6.07) is 29.1. The van der Waals surface area contributed by atoms with E-state index in [0.717, 1.165) is 16.7 Å². The Morgan fingerprint density at radius 2 is 1.44 bits per heavy atom. The largest absolute Gasteiger partial charge is 0.479 e. The molecule has 32 heavy (non-hydrogen) atoms. The molecule has 4 heteroatoms. The Bertz CT molecular complexity index is 1000. The number of benzene rings is 3. The van der Waals surface area contributed by atoms with Crippen LogP contribution in [0.15, 0.2) is 108 Å². The predicted molar refractivity (Wildman–Crippen MR) is 129 cm³/mol. The maximum atomic E-state index is 12.8. The number of rotatable bonds is 10. The second-order valence-corrected chi connectivity index (χ2v) is 7.63. The minimum Gasteiger partial charge on any atom is -0.479 e. The predicted octanol–water partition coefficient (Wildman–Crippen LogP) is 5.92. The summed E-state index contributed by atoms with van der Waals surface area (Å²) in [5, 5.41) is 10.4. The number of ether oxygens (including phenoxy) is 1. The topological polar surface area (TPSA) is 58.9 Å². The summed E-state index contributed by atoms with van der Waals surface area (Å²) < 4.78 is 6.10. The van der Waals surface area contributed by atoms with Crippen molar-refractivity contribution in [3.8, 4) is 0 Å². The summed E-state index contributed by atoms with van der Waals surface area (Å²) in [5.74, 6) is -1.01. The van der Waals surface area contributed by atoms with Gasteiger partial charge in [0.25, 0.3) is 0 Å². The lowest BCUT2D eigenvalue weighted by molar-refractivity contribution is -0.149. The van der Waals surface area contributed by atoms with Crippen LogP contribution in [-0.4, -0.2) is 28.4 Å². The van der Waals surface area contributed by atoms with Gasteiger partial charge in [-0.1, -0.05) is 103 Å². The highest BCUT2D eigenvalue weighted by Gasteiger charge is 2.44. The highest BCUT2D eigenvalue weighted by Crippen LogP contribution is 2.28. The third-order valence-electron chi connectivity index (χ3n) is 5.46. The van der Waals surface area contributed by atoms with Crippen molar-refractivity contribution in [3.63, 3.8) is 0 Å². The van der Waals surface area contributed by atoms with Crippen LogP contribution in [0, 0.1) is 0 Å². The Hall–Kier alpha value is -3.50. The van der Waals surface area contributed by atoms with E-state index >= 15 is 0 Å². The molecule has 0 spiro atoms. The fraction of sp³-hybridized carbons (Fsp3) is 0.214. The van der Waals surface area contributed by atoms with Gasteiger partial charge in [-0.25, -0.2) is 4.79 Å². The van der Waals surface area contributed by atoms with Crippen LogP contribution in [0.1, 0.15) is 37.0 Å². The lowest BCUT2D eigenvalue weighted by atomic mass is 9.88. The minimum absolute atomic E-state index is 0.220. The van der Waals surface area contributed by atoms with Gasteiger partial charge in [-0.3, -0.25) is 4.99 Å². The number of hydrogen-bond acceptors (Lipinski definition) is 3. The number of aliphatic carboxylic acids is 1. The summed E-state index contributed by atoms with van der Waals surface area (Å²) in [5.41, 5.74) is 1.86. The second-order valence-electron chi connectivity index (χ2n) is 7.63. The Balaban J connectivity index is 2.09. The molecule has 3 aromatic carbocycles. The number of carbonyl (C=O) groups is 1. The summed E-state index contributed by atoms with van der Waals surface area (Å²) in [7, 11) is 0. The molecule has 3 aromatic rings. The smallest absolute Gasteiger partial charge is 0.334 e. The normalized spacial score (nSPS) is 13.9. The van der Waals surface area contributed by atoms with Crippen LogP contribution in [0.5, 0.6) is 0 Å². The molecular formula is C28H29NO3. The first-order valence-corrected chi connectivity index (χ1v) is 10.8. The molecule has 0 heterocycles. The van der Waals surface area contributed by atoms with Crippen molar-refractivity contribution < 1.29 is 14.6 Å². The molecule has 0 fully saturated rings. The Labute approximate surface area is 189 Å². The first-order valence-electron chi connectivity index (χ1n) is 10.8. The van der Waals surface area contributed by atoms with Gasteiger partial charge in [-0.2, -0.15) is 0 Å². The van der Waals surface area contributed by atoms with Gasteiger partial charge in [0.15, 0.2) is 5.54 Å².